The topological polar surface area (TPSA) is 226 Å². The summed E-state index contributed by atoms with van der Waals surface area (Å²) in [6.45, 7) is -0.238. The van der Waals surface area contributed by atoms with Gasteiger partial charge in [-0.15, -0.1) is 0 Å². The highest BCUT2D eigenvalue weighted by Crippen LogP contribution is 2.19. The third kappa shape index (κ3) is 8.50. The molecule has 4 atom stereocenters. The first-order valence-corrected chi connectivity index (χ1v) is 11.7. The van der Waals surface area contributed by atoms with Crippen LogP contribution in [0.3, 0.4) is 0 Å². The molecule has 0 aliphatic carbocycles. The van der Waals surface area contributed by atoms with Crippen molar-refractivity contribution < 1.29 is 29.4 Å². The van der Waals surface area contributed by atoms with Crippen LogP contribution < -0.4 is 27.8 Å². The number of carboxylic acid groups (broad SMARTS) is 1. The molecule has 36 heavy (non-hydrogen) atoms. The lowest BCUT2D eigenvalue weighted by atomic mass is 10.0. The maximum absolute atomic E-state index is 12.9. The van der Waals surface area contributed by atoms with Gasteiger partial charge in [-0.25, -0.2) is 4.79 Å². The van der Waals surface area contributed by atoms with Crippen molar-refractivity contribution in [2.45, 2.75) is 56.3 Å². The van der Waals surface area contributed by atoms with E-state index < -0.39 is 48.6 Å². The van der Waals surface area contributed by atoms with Crippen molar-refractivity contribution in [2.24, 2.45) is 22.2 Å². The van der Waals surface area contributed by atoms with Gasteiger partial charge in [-0.2, -0.15) is 0 Å². The minimum Gasteiger partial charge on any atom is -0.480 e. The van der Waals surface area contributed by atoms with E-state index in [0.717, 1.165) is 5.56 Å². The standard InChI is InChI=1S/C23H35N7O6/c24-15(12-14-6-2-1-3-7-14)21(34)30-11-5-9-18(30)20(33)29-17(13-31)19(32)28-16(22(35)36)8-4-10-27-23(25)26/h1-3,6-7,15-18,31H,4-5,8-13,24H2,(H,28,32)(H,29,33)(H,35,36)(H4,25,26,27). The Kier molecular flexibility index (Phi) is 11.1. The normalized spacial score (nSPS) is 17.5. The number of guanidine groups is 1. The summed E-state index contributed by atoms with van der Waals surface area (Å²) >= 11 is 0. The van der Waals surface area contributed by atoms with E-state index in [9.17, 15) is 29.4 Å². The summed E-state index contributed by atoms with van der Waals surface area (Å²) < 4.78 is 0. The van der Waals surface area contributed by atoms with Crippen molar-refractivity contribution in [1.29, 1.82) is 0 Å². The van der Waals surface area contributed by atoms with E-state index in [0.29, 0.717) is 25.8 Å². The van der Waals surface area contributed by atoms with Crippen molar-refractivity contribution >= 4 is 29.7 Å². The van der Waals surface area contributed by atoms with Crippen LogP contribution in [0.1, 0.15) is 31.2 Å². The fourth-order valence-corrected chi connectivity index (χ4v) is 3.97. The number of hydrogen-bond acceptors (Lipinski definition) is 7. The van der Waals surface area contributed by atoms with E-state index in [-0.39, 0.29) is 31.3 Å². The molecule has 1 aliphatic heterocycles. The highest BCUT2D eigenvalue weighted by molar-refractivity contribution is 5.94. The van der Waals surface area contributed by atoms with Gasteiger partial charge in [0.15, 0.2) is 5.96 Å². The van der Waals surface area contributed by atoms with Crippen LogP contribution in [-0.2, 0) is 25.6 Å². The molecule has 0 aromatic heterocycles. The molecular weight excluding hydrogens is 470 g/mol. The van der Waals surface area contributed by atoms with Gasteiger partial charge in [0.05, 0.1) is 12.6 Å². The molecule has 1 saturated heterocycles. The number of carbonyl (C=O) groups excluding carboxylic acids is 3. The molecule has 1 aliphatic rings. The number of aliphatic hydroxyl groups is 1. The number of nitrogens with one attached hydrogen (secondary N) is 2. The number of rotatable bonds is 13. The molecule has 13 heteroatoms. The average molecular weight is 506 g/mol. The first kappa shape index (κ1) is 28.5. The Bertz CT molecular complexity index is 938. The quantitative estimate of drug-likeness (QED) is 0.0863. The third-order valence-corrected chi connectivity index (χ3v) is 5.83. The smallest absolute Gasteiger partial charge is 0.326 e. The molecule has 1 aromatic carbocycles. The van der Waals surface area contributed by atoms with Crippen LogP contribution in [0.25, 0.3) is 0 Å². The minimum atomic E-state index is -1.40. The SMILES string of the molecule is NC(N)=NCCCC(NC(=O)C(CO)NC(=O)C1CCCN1C(=O)C(N)Cc1ccccc1)C(=O)O. The number of benzene rings is 1. The summed E-state index contributed by atoms with van der Waals surface area (Å²) in [5.41, 5.74) is 17.5. The number of nitrogens with two attached hydrogens (primary N) is 3. The Balaban J connectivity index is 1.96. The fourth-order valence-electron chi connectivity index (χ4n) is 3.97. The van der Waals surface area contributed by atoms with Gasteiger partial charge in [-0.3, -0.25) is 19.4 Å². The van der Waals surface area contributed by atoms with Crippen LogP contribution in [0.5, 0.6) is 0 Å². The largest absolute Gasteiger partial charge is 0.480 e. The zero-order valence-corrected chi connectivity index (χ0v) is 20.0. The van der Waals surface area contributed by atoms with Gasteiger partial charge in [0, 0.05) is 13.1 Å². The van der Waals surface area contributed by atoms with Crippen molar-refractivity contribution in [3.63, 3.8) is 0 Å². The molecule has 0 spiro atoms. The predicted octanol–water partition coefficient (Wildman–Crippen LogP) is -2.35. The molecule has 1 aromatic rings. The average Bonchev–Trinajstić information content (AvgIpc) is 3.34. The Hall–Kier alpha value is -3.71. The van der Waals surface area contributed by atoms with Gasteiger partial charge in [0.2, 0.25) is 17.7 Å². The van der Waals surface area contributed by atoms with E-state index in [1.807, 2.05) is 30.3 Å². The second kappa shape index (κ2) is 14.0. The number of aliphatic hydroxyl groups excluding tert-OH is 1. The van der Waals surface area contributed by atoms with Crippen LogP contribution in [0.2, 0.25) is 0 Å². The van der Waals surface area contributed by atoms with E-state index in [1.54, 1.807) is 0 Å². The lowest BCUT2D eigenvalue weighted by Gasteiger charge is -2.28. The molecule has 1 fully saturated rings. The highest BCUT2D eigenvalue weighted by Gasteiger charge is 2.37. The minimum absolute atomic E-state index is 0.0359. The van der Waals surface area contributed by atoms with Gasteiger partial charge in [-0.1, -0.05) is 30.3 Å². The van der Waals surface area contributed by atoms with E-state index in [4.69, 9.17) is 17.2 Å². The van der Waals surface area contributed by atoms with E-state index in [1.165, 1.54) is 4.90 Å². The van der Waals surface area contributed by atoms with Gasteiger partial charge in [-0.05, 0) is 37.7 Å². The summed E-state index contributed by atoms with van der Waals surface area (Å²) in [6.07, 6.45) is 1.58. The van der Waals surface area contributed by atoms with Crippen LogP contribution in [-0.4, -0.2) is 88.6 Å². The van der Waals surface area contributed by atoms with Gasteiger partial charge >= 0.3 is 5.97 Å². The summed E-state index contributed by atoms with van der Waals surface area (Å²) in [7, 11) is 0. The molecule has 0 saturated carbocycles. The first-order valence-electron chi connectivity index (χ1n) is 11.7. The van der Waals surface area contributed by atoms with Gasteiger partial charge in [0.1, 0.15) is 18.1 Å². The predicted molar refractivity (Wildman–Crippen MR) is 131 cm³/mol. The number of nitrogens with zero attached hydrogens (tertiary/aromatic N) is 2. The molecule has 0 radical (unpaired) electrons. The lowest BCUT2D eigenvalue weighted by Crippen LogP contribution is -2.57. The molecule has 13 nitrogen and oxygen atoms in total. The number of likely N-dealkylation sites (tertiary alicyclic amines) is 1. The summed E-state index contributed by atoms with van der Waals surface area (Å²) in [4.78, 5) is 55.1. The zero-order valence-electron chi connectivity index (χ0n) is 20.0. The summed E-state index contributed by atoms with van der Waals surface area (Å²) in [6, 6.07) is 4.91. The fraction of sp³-hybridized carbons (Fsp3) is 0.522. The summed E-state index contributed by atoms with van der Waals surface area (Å²) in [5.74, 6) is -3.28. The van der Waals surface area contributed by atoms with Crippen LogP contribution in [0, 0.1) is 0 Å². The number of aliphatic carboxylic acids is 1. The maximum Gasteiger partial charge on any atom is 0.326 e. The first-order chi connectivity index (χ1) is 17.1. The van der Waals surface area contributed by atoms with Gasteiger partial charge in [0.25, 0.3) is 0 Å². The van der Waals surface area contributed by atoms with Gasteiger partial charge < -0.3 is 42.9 Å². The van der Waals surface area contributed by atoms with Crippen molar-refractivity contribution in [3.8, 4) is 0 Å². The molecule has 4 unspecified atom stereocenters. The van der Waals surface area contributed by atoms with Crippen LogP contribution in [0.15, 0.2) is 35.3 Å². The second-order valence-electron chi connectivity index (χ2n) is 8.58. The number of carbonyl (C=O) groups is 4. The Labute approximate surface area is 209 Å². The number of aliphatic imine (C=N–C) groups is 1. The number of carboxylic acids is 1. The zero-order chi connectivity index (χ0) is 26.7. The molecule has 3 amide bonds. The second-order valence-corrected chi connectivity index (χ2v) is 8.58. The molecule has 198 valence electrons. The number of amides is 3. The lowest BCUT2D eigenvalue weighted by molar-refractivity contribution is -0.143. The molecule has 1 heterocycles. The molecule has 0 bridgehead atoms. The Morgan fingerprint density at radius 2 is 1.81 bits per heavy atom. The monoisotopic (exact) mass is 505 g/mol. The summed E-state index contributed by atoms with van der Waals surface area (Å²) in [5, 5.41) is 23.8. The molecule has 2 rings (SSSR count). The third-order valence-electron chi connectivity index (χ3n) is 5.83. The van der Waals surface area contributed by atoms with Crippen LogP contribution in [0.4, 0.5) is 0 Å². The maximum atomic E-state index is 12.9. The van der Waals surface area contributed by atoms with Crippen molar-refractivity contribution in [2.75, 3.05) is 19.7 Å². The molecule has 10 N–H and O–H groups in total. The Morgan fingerprint density at radius 1 is 1.11 bits per heavy atom. The molecular formula is C23H35N7O6. The van der Waals surface area contributed by atoms with E-state index >= 15 is 0 Å². The van der Waals surface area contributed by atoms with Crippen LogP contribution >= 0.6 is 0 Å². The number of hydrogen-bond donors (Lipinski definition) is 7. The Morgan fingerprint density at radius 3 is 2.42 bits per heavy atom. The highest BCUT2D eigenvalue weighted by atomic mass is 16.4. The van der Waals surface area contributed by atoms with E-state index in [2.05, 4.69) is 15.6 Å². The van der Waals surface area contributed by atoms with Crippen molar-refractivity contribution in [1.82, 2.24) is 15.5 Å². The van der Waals surface area contributed by atoms with Crippen molar-refractivity contribution in [3.05, 3.63) is 35.9 Å².